The average Bonchev–Trinajstić information content (AvgIpc) is 3.23. The van der Waals surface area contributed by atoms with E-state index < -0.39 is 0 Å². The first-order valence-corrected chi connectivity index (χ1v) is 11.7. The van der Waals surface area contributed by atoms with Gasteiger partial charge in [0, 0.05) is 18.5 Å². The van der Waals surface area contributed by atoms with E-state index in [1.807, 2.05) is 24.3 Å². The molecule has 0 saturated carbocycles. The summed E-state index contributed by atoms with van der Waals surface area (Å²) in [5, 5.41) is 7.63. The molecule has 1 atom stereocenters. The fourth-order valence-corrected chi connectivity index (χ4v) is 5.36. The number of nitrogens with zero attached hydrogens (tertiary/aromatic N) is 2. The largest absolute Gasteiger partial charge is 0.493 e. The van der Waals surface area contributed by atoms with Gasteiger partial charge < -0.3 is 15.4 Å². The van der Waals surface area contributed by atoms with Crippen LogP contribution in [0.4, 0.5) is 4.39 Å². The van der Waals surface area contributed by atoms with E-state index in [1.54, 1.807) is 18.3 Å². The Balaban J connectivity index is 1.28. The Kier molecular flexibility index (Phi) is 6.14. The van der Waals surface area contributed by atoms with E-state index in [-0.39, 0.29) is 17.8 Å². The summed E-state index contributed by atoms with van der Waals surface area (Å²) >= 11 is 1.46. The standard InChI is InChI=1S/C24H25FN4O2S/c25-17-3-1-4-19(13-17)31-12-9-20(16-7-10-26-11-8-16)28-24(30)21-14-18-15-27-22-5-2-6-23(32-21)29(18)22/h1-6,13-16,20,26H,7-12H2,(H,28,30). The highest BCUT2D eigenvalue weighted by atomic mass is 32.2. The molecule has 4 heterocycles. The number of rotatable bonds is 7. The van der Waals surface area contributed by atoms with Crippen molar-refractivity contribution in [3.05, 3.63) is 65.1 Å². The van der Waals surface area contributed by atoms with Crippen molar-refractivity contribution in [2.45, 2.75) is 30.3 Å². The molecule has 1 fully saturated rings. The highest BCUT2D eigenvalue weighted by Gasteiger charge is 2.28. The molecule has 2 N–H and O–H groups in total. The quantitative estimate of drug-likeness (QED) is 0.570. The summed E-state index contributed by atoms with van der Waals surface area (Å²) in [6.45, 7) is 2.30. The molecule has 0 spiro atoms. The minimum Gasteiger partial charge on any atom is -0.493 e. The molecule has 8 heteroatoms. The number of benzene rings is 1. The molecular formula is C24H25FN4O2S. The van der Waals surface area contributed by atoms with Crippen molar-refractivity contribution < 1.29 is 13.9 Å². The Morgan fingerprint density at radius 2 is 2.12 bits per heavy atom. The Hall–Kier alpha value is -2.84. The van der Waals surface area contributed by atoms with Gasteiger partial charge in [-0.25, -0.2) is 9.37 Å². The second-order valence-corrected chi connectivity index (χ2v) is 9.18. The predicted molar refractivity (Wildman–Crippen MR) is 123 cm³/mol. The summed E-state index contributed by atoms with van der Waals surface area (Å²) < 4.78 is 21.3. The van der Waals surface area contributed by atoms with Gasteiger partial charge in [-0.15, -0.1) is 0 Å². The number of carbonyl (C=O) groups excluding carboxylic acids is 1. The van der Waals surface area contributed by atoms with E-state index in [2.05, 4.69) is 20.0 Å². The van der Waals surface area contributed by atoms with Crippen molar-refractivity contribution in [1.82, 2.24) is 20.0 Å². The third-order valence-corrected chi connectivity index (χ3v) is 7.05. The monoisotopic (exact) mass is 452 g/mol. The summed E-state index contributed by atoms with van der Waals surface area (Å²) in [5.41, 5.74) is 1.79. The van der Waals surface area contributed by atoms with Gasteiger partial charge in [0.25, 0.3) is 5.91 Å². The molecule has 6 nitrogen and oxygen atoms in total. The lowest BCUT2D eigenvalue weighted by molar-refractivity contribution is -0.118. The smallest absolute Gasteiger partial charge is 0.258 e. The molecule has 2 aliphatic heterocycles. The van der Waals surface area contributed by atoms with Crippen LogP contribution in [-0.2, 0) is 4.79 Å². The van der Waals surface area contributed by atoms with E-state index in [1.165, 1.54) is 23.9 Å². The topological polar surface area (TPSA) is 67.7 Å². The molecule has 1 aromatic carbocycles. The lowest BCUT2D eigenvalue weighted by Crippen LogP contribution is -2.45. The molecule has 166 valence electrons. The number of carbonyl (C=O) groups is 1. The van der Waals surface area contributed by atoms with Gasteiger partial charge in [0.2, 0.25) is 0 Å². The molecule has 0 bridgehead atoms. The normalized spacial score (nSPS) is 17.1. The predicted octanol–water partition coefficient (Wildman–Crippen LogP) is 3.87. The highest BCUT2D eigenvalue weighted by molar-refractivity contribution is 8.04. The Morgan fingerprint density at radius 3 is 2.97 bits per heavy atom. The van der Waals surface area contributed by atoms with Crippen LogP contribution in [0.5, 0.6) is 5.75 Å². The van der Waals surface area contributed by atoms with Crippen LogP contribution in [0.25, 0.3) is 11.7 Å². The first kappa shape index (κ1) is 21.0. The fourth-order valence-electron chi connectivity index (χ4n) is 4.37. The van der Waals surface area contributed by atoms with Crippen LogP contribution >= 0.6 is 11.8 Å². The summed E-state index contributed by atoms with van der Waals surface area (Å²) in [7, 11) is 0. The number of pyridine rings is 1. The van der Waals surface area contributed by atoms with E-state index >= 15 is 0 Å². The average molecular weight is 453 g/mol. The minimum absolute atomic E-state index is 0.0118. The molecular weight excluding hydrogens is 427 g/mol. The number of halogens is 1. The number of hydrogen-bond acceptors (Lipinski definition) is 5. The maximum Gasteiger partial charge on any atom is 0.258 e. The van der Waals surface area contributed by atoms with Gasteiger partial charge in [-0.3, -0.25) is 9.20 Å². The minimum atomic E-state index is -0.318. The molecule has 2 aromatic heterocycles. The van der Waals surface area contributed by atoms with E-state index in [0.29, 0.717) is 29.6 Å². The molecule has 0 radical (unpaired) electrons. The molecule has 3 aromatic rings. The molecule has 5 rings (SSSR count). The van der Waals surface area contributed by atoms with Crippen LogP contribution in [0.2, 0.25) is 0 Å². The van der Waals surface area contributed by atoms with Crippen molar-refractivity contribution >= 4 is 29.4 Å². The lowest BCUT2D eigenvalue weighted by Gasteiger charge is -2.32. The molecule has 1 amide bonds. The number of piperidine rings is 1. The van der Waals surface area contributed by atoms with Gasteiger partial charge in [-0.05, 0) is 62.2 Å². The molecule has 0 aliphatic carbocycles. The van der Waals surface area contributed by atoms with Gasteiger partial charge >= 0.3 is 0 Å². The number of ether oxygens (including phenoxy) is 1. The van der Waals surface area contributed by atoms with Crippen LogP contribution in [0.1, 0.15) is 25.0 Å². The van der Waals surface area contributed by atoms with Crippen molar-refractivity contribution in [3.63, 3.8) is 0 Å². The Labute approximate surface area is 190 Å². The zero-order valence-electron chi connectivity index (χ0n) is 17.6. The summed E-state index contributed by atoms with van der Waals surface area (Å²) in [4.78, 5) is 18.3. The number of thioether (sulfide) groups is 1. The number of nitrogens with one attached hydrogen (secondary N) is 2. The first-order valence-electron chi connectivity index (χ1n) is 10.9. The third kappa shape index (κ3) is 4.52. The van der Waals surface area contributed by atoms with Crippen molar-refractivity contribution in [1.29, 1.82) is 0 Å². The number of amides is 1. The second kappa shape index (κ2) is 9.34. The highest BCUT2D eigenvalue weighted by Crippen LogP contribution is 2.34. The first-order chi connectivity index (χ1) is 15.7. The number of imidazole rings is 1. The van der Waals surface area contributed by atoms with Crippen molar-refractivity contribution in [3.8, 4) is 5.75 Å². The second-order valence-electron chi connectivity index (χ2n) is 8.11. The van der Waals surface area contributed by atoms with E-state index in [0.717, 1.165) is 42.3 Å². The van der Waals surface area contributed by atoms with Crippen LogP contribution in [-0.4, -0.2) is 41.0 Å². The lowest BCUT2D eigenvalue weighted by atomic mass is 9.88. The maximum absolute atomic E-state index is 13.4. The Morgan fingerprint density at radius 1 is 1.28 bits per heavy atom. The van der Waals surface area contributed by atoms with Gasteiger partial charge in [0.15, 0.2) is 0 Å². The van der Waals surface area contributed by atoms with Gasteiger partial charge in [0.05, 0.1) is 28.4 Å². The zero-order valence-corrected chi connectivity index (χ0v) is 18.4. The summed E-state index contributed by atoms with van der Waals surface area (Å²) in [6.07, 6.45) is 6.36. The van der Waals surface area contributed by atoms with Crippen LogP contribution in [0.3, 0.4) is 0 Å². The number of aromatic nitrogens is 2. The fraction of sp³-hybridized carbons (Fsp3) is 0.333. The van der Waals surface area contributed by atoms with Gasteiger partial charge in [-0.1, -0.05) is 23.9 Å². The van der Waals surface area contributed by atoms with Crippen LogP contribution in [0.15, 0.2) is 58.6 Å². The van der Waals surface area contributed by atoms with Crippen LogP contribution < -0.4 is 15.4 Å². The third-order valence-electron chi connectivity index (χ3n) is 6.00. The summed E-state index contributed by atoms with van der Waals surface area (Å²) in [5.74, 6) is 0.488. The van der Waals surface area contributed by atoms with Gasteiger partial charge in [0.1, 0.15) is 17.2 Å². The van der Waals surface area contributed by atoms with Crippen molar-refractivity contribution in [2.24, 2.45) is 5.92 Å². The number of hydrogen-bond donors (Lipinski definition) is 2. The molecule has 32 heavy (non-hydrogen) atoms. The molecule has 1 saturated heterocycles. The van der Waals surface area contributed by atoms with Gasteiger partial charge in [-0.2, -0.15) is 0 Å². The zero-order chi connectivity index (χ0) is 21.9. The molecule has 2 aliphatic rings. The maximum atomic E-state index is 13.4. The SMILES string of the molecule is O=C(NC(CCOc1cccc(F)c1)C1CCNCC1)C1=Cc2cnc3cccc(n23)S1. The van der Waals surface area contributed by atoms with Crippen LogP contribution in [0, 0.1) is 11.7 Å². The Bertz CT molecular complexity index is 1160. The van der Waals surface area contributed by atoms with E-state index in [4.69, 9.17) is 4.74 Å². The van der Waals surface area contributed by atoms with Crippen molar-refractivity contribution in [2.75, 3.05) is 19.7 Å². The molecule has 1 unspecified atom stereocenters. The van der Waals surface area contributed by atoms with E-state index in [9.17, 15) is 9.18 Å². The summed E-state index contributed by atoms with van der Waals surface area (Å²) in [6, 6.07) is 12.1.